The molecule has 5 nitrogen and oxygen atoms in total. The van der Waals surface area contributed by atoms with E-state index in [4.69, 9.17) is 21.7 Å². The highest BCUT2D eigenvalue weighted by Gasteiger charge is 2.34. The van der Waals surface area contributed by atoms with Crippen molar-refractivity contribution < 1.29 is 8.91 Å². The van der Waals surface area contributed by atoms with Crippen LogP contribution in [0, 0.1) is 12.7 Å². The van der Waals surface area contributed by atoms with E-state index in [0.717, 1.165) is 34.4 Å². The maximum absolute atomic E-state index is 14.5. The maximum atomic E-state index is 14.5. The van der Waals surface area contributed by atoms with E-state index in [9.17, 15) is 4.39 Å². The molecule has 1 aliphatic rings. The monoisotopic (exact) mass is 498 g/mol. The Labute approximate surface area is 215 Å². The van der Waals surface area contributed by atoms with E-state index in [1.165, 1.54) is 11.6 Å². The van der Waals surface area contributed by atoms with Crippen LogP contribution in [0.25, 0.3) is 17.0 Å². The summed E-state index contributed by atoms with van der Waals surface area (Å²) < 4.78 is 20.3. The van der Waals surface area contributed by atoms with Gasteiger partial charge in [0, 0.05) is 16.8 Å². The van der Waals surface area contributed by atoms with Crippen molar-refractivity contribution >= 4 is 22.9 Å². The lowest BCUT2D eigenvalue weighted by Gasteiger charge is -2.37. The molecule has 7 heteroatoms. The second kappa shape index (κ2) is 10.0. The fraction of sp³-hybridized carbons (Fsp3) is 0.207. The highest BCUT2D eigenvalue weighted by atomic mass is 32.1. The quantitative estimate of drug-likeness (QED) is 0.302. The van der Waals surface area contributed by atoms with Gasteiger partial charge in [-0.1, -0.05) is 78.3 Å². The number of aryl methyl sites for hydroxylation is 2. The zero-order valence-corrected chi connectivity index (χ0v) is 21.3. The van der Waals surface area contributed by atoms with Crippen LogP contribution in [0.2, 0.25) is 0 Å². The first-order valence-electron chi connectivity index (χ1n) is 12.0. The standard InChI is InChI=1S/C29H27FN4OS/c1-4-20-12-14-21(15-13-20)26-25(28-32-27(33-35-28)22-10-7-8-18(2)16-22)19(3)34(29(36)31-26)17-23-9-5-6-11-24(23)30/h5-16,26H,4,17H2,1-3H3,(H,31,36). The molecular formula is C29H27FN4OS. The van der Waals surface area contributed by atoms with E-state index in [0.29, 0.717) is 22.4 Å². The van der Waals surface area contributed by atoms with Crippen LogP contribution in [0.15, 0.2) is 83.0 Å². The first kappa shape index (κ1) is 23.9. The summed E-state index contributed by atoms with van der Waals surface area (Å²) in [5, 5.41) is 8.24. The lowest BCUT2D eigenvalue weighted by Crippen LogP contribution is -2.45. The largest absolute Gasteiger partial charge is 0.351 e. The maximum Gasteiger partial charge on any atom is 0.258 e. The van der Waals surface area contributed by atoms with E-state index >= 15 is 0 Å². The van der Waals surface area contributed by atoms with Gasteiger partial charge in [0.2, 0.25) is 5.82 Å². The first-order chi connectivity index (χ1) is 17.4. The minimum atomic E-state index is -0.286. The van der Waals surface area contributed by atoms with E-state index < -0.39 is 0 Å². The third kappa shape index (κ3) is 4.66. The summed E-state index contributed by atoms with van der Waals surface area (Å²) in [6.07, 6.45) is 0.957. The number of thiocarbonyl (C=S) groups is 1. The fourth-order valence-electron chi connectivity index (χ4n) is 4.48. The van der Waals surface area contributed by atoms with E-state index in [1.54, 1.807) is 12.1 Å². The molecule has 182 valence electrons. The number of nitrogens with zero attached hydrogens (tertiary/aromatic N) is 3. The normalized spacial score (nSPS) is 15.8. The average molecular weight is 499 g/mol. The molecule has 5 rings (SSSR count). The molecular weight excluding hydrogens is 471 g/mol. The van der Waals surface area contributed by atoms with Gasteiger partial charge in [0.1, 0.15) is 5.82 Å². The molecule has 1 atom stereocenters. The van der Waals surface area contributed by atoms with Gasteiger partial charge in [-0.25, -0.2) is 4.39 Å². The van der Waals surface area contributed by atoms with Gasteiger partial charge >= 0.3 is 0 Å². The number of benzene rings is 3. The fourth-order valence-corrected chi connectivity index (χ4v) is 4.80. The van der Waals surface area contributed by atoms with Crippen LogP contribution in [0.4, 0.5) is 4.39 Å². The Morgan fingerprint density at radius 1 is 1.03 bits per heavy atom. The van der Waals surface area contributed by atoms with Crippen molar-refractivity contribution in [3.05, 3.63) is 112 Å². The van der Waals surface area contributed by atoms with Crippen LogP contribution in [0.3, 0.4) is 0 Å². The number of halogens is 1. The summed E-state index contributed by atoms with van der Waals surface area (Å²) >= 11 is 5.76. The topological polar surface area (TPSA) is 54.2 Å². The van der Waals surface area contributed by atoms with Crippen LogP contribution in [0.1, 0.15) is 48.0 Å². The summed E-state index contributed by atoms with van der Waals surface area (Å²) in [6, 6.07) is 22.8. The minimum absolute atomic E-state index is 0.272. The highest BCUT2D eigenvalue weighted by Crippen LogP contribution is 2.38. The number of allylic oxidation sites excluding steroid dienone is 1. The first-order valence-corrected chi connectivity index (χ1v) is 12.4. The Balaban J connectivity index is 1.60. The summed E-state index contributed by atoms with van der Waals surface area (Å²) in [4.78, 5) is 6.66. The Kier molecular flexibility index (Phi) is 6.65. The number of rotatable bonds is 6. The highest BCUT2D eigenvalue weighted by molar-refractivity contribution is 7.80. The second-order valence-electron chi connectivity index (χ2n) is 8.95. The number of hydrogen-bond acceptors (Lipinski definition) is 4. The van der Waals surface area contributed by atoms with E-state index in [-0.39, 0.29) is 18.4 Å². The SMILES string of the molecule is CCc1ccc(C2NC(=S)N(Cc3ccccc3F)C(C)=C2c2nc(-c3cccc(C)c3)no2)cc1. The third-order valence-corrected chi connectivity index (χ3v) is 6.87. The van der Waals surface area contributed by atoms with Crippen LogP contribution in [0.5, 0.6) is 0 Å². The third-order valence-electron chi connectivity index (χ3n) is 6.54. The Bertz CT molecular complexity index is 1440. The van der Waals surface area contributed by atoms with Crippen LogP contribution >= 0.6 is 12.2 Å². The lowest BCUT2D eigenvalue weighted by molar-refractivity contribution is 0.395. The average Bonchev–Trinajstić information content (AvgIpc) is 3.37. The number of aromatic nitrogens is 2. The molecule has 0 radical (unpaired) electrons. The second-order valence-corrected chi connectivity index (χ2v) is 9.33. The predicted molar refractivity (Wildman–Crippen MR) is 143 cm³/mol. The molecule has 1 unspecified atom stereocenters. The van der Waals surface area contributed by atoms with Gasteiger partial charge in [-0.2, -0.15) is 4.98 Å². The molecule has 0 aliphatic carbocycles. The van der Waals surface area contributed by atoms with Crippen molar-refractivity contribution in [3.8, 4) is 11.4 Å². The lowest BCUT2D eigenvalue weighted by atomic mass is 9.93. The van der Waals surface area contributed by atoms with Crippen molar-refractivity contribution in [1.82, 2.24) is 20.4 Å². The van der Waals surface area contributed by atoms with Gasteiger partial charge in [-0.15, -0.1) is 0 Å². The van der Waals surface area contributed by atoms with Crippen LogP contribution in [-0.2, 0) is 13.0 Å². The minimum Gasteiger partial charge on any atom is -0.351 e. The van der Waals surface area contributed by atoms with E-state index in [2.05, 4.69) is 41.7 Å². The van der Waals surface area contributed by atoms with Gasteiger partial charge in [0.15, 0.2) is 5.11 Å². The molecule has 0 spiro atoms. The summed E-state index contributed by atoms with van der Waals surface area (Å²) in [6.45, 7) is 6.41. The zero-order valence-electron chi connectivity index (χ0n) is 20.5. The molecule has 3 aromatic carbocycles. The Morgan fingerprint density at radius 3 is 2.53 bits per heavy atom. The van der Waals surface area contributed by atoms with Crippen LogP contribution in [-0.4, -0.2) is 20.2 Å². The molecule has 0 amide bonds. The van der Waals surface area contributed by atoms with Crippen molar-refractivity contribution in [2.45, 2.75) is 39.8 Å². The van der Waals surface area contributed by atoms with Gasteiger partial charge in [-0.3, -0.25) is 0 Å². The smallest absolute Gasteiger partial charge is 0.258 e. The molecule has 1 aromatic heterocycles. The van der Waals surface area contributed by atoms with Gasteiger partial charge in [-0.05, 0) is 55.7 Å². The zero-order chi connectivity index (χ0) is 25.2. The molecule has 0 saturated heterocycles. The number of hydrogen-bond donors (Lipinski definition) is 1. The predicted octanol–water partition coefficient (Wildman–Crippen LogP) is 6.61. The summed E-state index contributed by atoms with van der Waals surface area (Å²) in [7, 11) is 0. The molecule has 1 aliphatic heterocycles. The van der Waals surface area contributed by atoms with Gasteiger partial charge in [0.25, 0.3) is 5.89 Å². The molecule has 1 N–H and O–H groups in total. The Morgan fingerprint density at radius 2 is 1.81 bits per heavy atom. The van der Waals surface area contributed by atoms with Crippen molar-refractivity contribution in [1.29, 1.82) is 0 Å². The molecule has 36 heavy (non-hydrogen) atoms. The summed E-state index contributed by atoms with van der Waals surface area (Å²) in [5.74, 6) is 0.649. The molecule has 0 bridgehead atoms. The molecule has 0 fully saturated rings. The molecule has 0 saturated carbocycles. The van der Waals surface area contributed by atoms with Gasteiger partial charge < -0.3 is 14.7 Å². The Hall–Kier alpha value is -3.84. The van der Waals surface area contributed by atoms with Crippen molar-refractivity contribution in [2.75, 3.05) is 0 Å². The summed E-state index contributed by atoms with van der Waals surface area (Å²) in [5.41, 5.74) is 6.49. The van der Waals surface area contributed by atoms with Gasteiger partial charge in [0.05, 0.1) is 18.2 Å². The molecule has 4 aromatic rings. The van der Waals surface area contributed by atoms with Crippen molar-refractivity contribution in [2.24, 2.45) is 0 Å². The van der Waals surface area contributed by atoms with Crippen LogP contribution < -0.4 is 5.32 Å². The molecule has 2 heterocycles. The van der Waals surface area contributed by atoms with Crippen molar-refractivity contribution in [3.63, 3.8) is 0 Å². The van der Waals surface area contributed by atoms with E-state index in [1.807, 2.05) is 49.1 Å². The number of nitrogens with one attached hydrogen (secondary N) is 1.